The number of nitrogens with zero attached hydrogens (tertiary/aromatic N) is 4. The predicted molar refractivity (Wildman–Crippen MR) is 115 cm³/mol. The van der Waals surface area contributed by atoms with Crippen molar-refractivity contribution >= 4 is 57.6 Å². The van der Waals surface area contributed by atoms with Crippen LogP contribution in [0.15, 0.2) is 23.1 Å². The number of non-ortho nitro benzene ring substituents is 1. The van der Waals surface area contributed by atoms with Gasteiger partial charge in [-0.25, -0.2) is 0 Å². The van der Waals surface area contributed by atoms with Crippen LogP contribution in [0.25, 0.3) is 6.08 Å². The first-order valence-corrected chi connectivity index (χ1v) is 10.2. The van der Waals surface area contributed by atoms with Crippen molar-refractivity contribution in [2.45, 2.75) is 6.42 Å². The molecule has 154 valence electrons. The van der Waals surface area contributed by atoms with Crippen molar-refractivity contribution in [2.24, 2.45) is 0 Å². The molecule has 0 unspecified atom stereocenters. The van der Waals surface area contributed by atoms with Gasteiger partial charge in [-0.05, 0) is 19.2 Å². The number of nitro groups is 1. The molecule has 0 aliphatic carbocycles. The summed E-state index contributed by atoms with van der Waals surface area (Å²) < 4.78 is 0.286. The van der Waals surface area contributed by atoms with E-state index in [2.05, 4.69) is 9.80 Å². The summed E-state index contributed by atoms with van der Waals surface area (Å²) in [4.78, 5) is 40.2. The van der Waals surface area contributed by atoms with Gasteiger partial charge in [0.15, 0.2) is 0 Å². The number of nitro benzene ring substituents is 1. The summed E-state index contributed by atoms with van der Waals surface area (Å²) in [5, 5.41) is 20.1. The standard InChI is InChI=1S/C18H20N4O5S2/c1-19-6-8-20(9-7-19)14-3-2-13(22(26)27)10-12(14)11-15-17(25)21(18(28)29-15)5-4-16(23)24/h2-3,10-11H,4-9H2,1H3,(H,23,24)/b15-11+. The second-order valence-electron chi connectivity index (χ2n) is 6.77. The molecule has 0 spiro atoms. The number of likely N-dealkylation sites (N-methyl/N-ethyl adjacent to an activating group) is 1. The first-order chi connectivity index (χ1) is 13.8. The summed E-state index contributed by atoms with van der Waals surface area (Å²) in [6.07, 6.45) is 1.41. The lowest BCUT2D eigenvalue weighted by Crippen LogP contribution is -2.44. The van der Waals surface area contributed by atoms with Gasteiger partial charge in [0.2, 0.25) is 0 Å². The zero-order valence-electron chi connectivity index (χ0n) is 15.7. The Hall–Kier alpha value is -2.50. The minimum Gasteiger partial charge on any atom is -0.481 e. The van der Waals surface area contributed by atoms with E-state index < -0.39 is 10.9 Å². The Balaban J connectivity index is 1.93. The minimum absolute atomic E-state index is 0.00239. The maximum Gasteiger partial charge on any atom is 0.305 e. The van der Waals surface area contributed by atoms with Gasteiger partial charge < -0.3 is 14.9 Å². The van der Waals surface area contributed by atoms with E-state index in [0.29, 0.717) is 10.5 Å². The van der Waals surface area contributed by atoms with Crippen LogP contribution in [0.5, 0.6) is 0 Å². The van der Waals surface area contributed by atoms with Crippen molar-refractivity contribution in [3.05, 3.63) is 38.8 Å². The molecule has 2 fully saturated rings. The molecule has 9 nitrogen and oxygen atoms in total. The van der Waals surface area contributed by atoms with Gasteiger partial charge in [0.05, 0.1) is 16.2 Å². The molecule has 3 rings (SSSR count). The second-order valence-corrected chi connectivity index (χ2v) is 8.44. The summed E-state index contributed by atoms with van der Waals surface area (Å²) in [6.45, 7) is 3.28. The average molecular weight is 437 g/mol. The average Bonchev–Trinajstić information content (AvgIpc) is 2.93. The summed E-state index contributed by atoms with van der Waals surface area (Å²) in [5.41, 5.74) is 1.33. The number of thioether (sulfide) groups is 1. The quantitative estimate of drug-likeness (QED) is 0.310. The number of aliphatic carboxylic acids is 1. The molecule has 1 aromatic carbocycles. The lowest BCUT2D eigenvalue weighted by molar-refractivity contribution is -0.384. The van der Waals surface area contributed by atoms with E-state index in [4.69, 9.17) is 17.3 Å². The molecule has 11 heteroatoms. The molecule has 1 aromatic rings. The van der Waals surface area contributed by atoms with Crippen LogP contribution in [0.3, 0.4) is 0 Å². The van der Waals surface area contributed by atoms with Gasteiger partial charge in [-0.1, -0.05) is 24.0 Å². The molecular formula is C18H20N4O5S2. The third-order valence-electron chi connectivity index (χ3n) is 4.78. The molecule has 1 amide bonds. The maximum absolute atomic E-state index is 12.7. The van der Waals surface area contributed by atoms with Gasteiger partial charge in [0.25, 0.3) is 11.6 Å². The van der Waals surface area contributed by atoms with Gasteiger partial charge in [0.1, 0.15) is 4.32 Å². The van der Waals surface area contributed by atoms with Crippen LogP contribution in [0.4, 0.5) is 11.4 Å². The number of anilines is 1. The molecule has 0 atom stereocenters. The number of carboxylic acids is 1. The lowest BCUT2D eigenvalue weighted by atomic mass is 10.1. The second kappa shape index (κ2) is 8.89. The smallest absolute Gasteiger partial charge is 0.305 e. The SMILES string of the molecule is CN1CCN(c2ccc([N+](=O)[O-])cc2/C=C2/SC(=S)N(CCC(=O)O)C2=O)CC1. The predicted octanol–water partition coefficient (Wildman–Crippen LogP) is 2.02. The molecule has 0 bridgehead atoms. The van der Waals surface area contributed by atoms with Crippen molar-refractivity contribution in [3.8, 4) is 0 Å². The number of rotatable bonds is 6. The fourth-order valence-corrected chi connectivity index (χ4v) is 4.45. The Morgan fingerprint density at radius 3 is 2.66 bits per heavy atom. The number of carboxylic acid groups (broad SMARTS) is 1. The number of piperazine rings is 1. The molecule has 0 radical (unpaired) electrons. The lowest BCUT2D eigenvalue weighted by Gasteiger charge is -2.34. The van der Waals surface area contributed by atoms with Crippen molar-refractivity contribution < 1.29 is 19.6 Å². The molecule has 2 heterocycles. The van der Waals surface area contributed by atoms with Gasteiger partial charge >= 0.3 is 5.97 Å². The Kier molecular flexibility index (Phi) is 6.50. The van der Waals surface area contributed by atoms with Crippen molar-refractivity contribution in [2.75, 3.05) is 44.7 Å². The van der Waals surface area contributed by atoms with Crippen LogP contribution in [0.2, 0.25) is 0 Å². The van der Waals surface area contributed by atoms with Gasteiger partial charge in [-0.2, -0.15) is 0 Å². The Bertz CT molecular complexity index is 896. The molecule has 29 heavy (non-hydrogen) atoms. The van der Waals surface area contributed by atoms with Gasteiger partial charge in [-0.15, -0.1) is 0 Å². The van der Waals surface area contributed by atoms with E-state index in [1.54, 1.807) is 12.1 Å². The number of amides is 1. The highest BCUT2D eigenvalue weighted by molar-refractivity contribution is 8.26. The summed E-state index contributed by atoms with van der Waals surface area (Å²) in [6, 6.07) is 4.63. The number of hydrogen-bond acceptors (Lipinski definition) is 8. The van der Waals surface area contributed by atoms with E-state index in [-0.39, 0.29) is 28.9 Å². The molecule has 2 saturated heterocycles. The van der Waals surface area contributed by atoms with Crippen LogP contribution >= 0.6 is 24.0 Å². The van der Waals surface area contributed by atoms with Crippen molar-refractivity contribution in [3.63, 3.8) is 0 Å². The van der Waals surface area contributed by atoms with Gasteiger partial charge in [-0.3, -0.25) is 24.6 Å². The number of carbonyl (C=O) groups excluding carboxylic acids is 1. The number of benzene rings is 1. The molecule has 0 saturated carbocycles. The van der Waals surface area contributed by atoms with Crippen LogP contribution < -0.4 is 4.90 Å². The topological polar surface area (TPSA) is 107 Å². The normalized spacial score (nSPS) is 19.3. The third-order valence-corrected chi connectivity index (χ3v) is 6.15. The van der Waals surface area contributed by atoms with Crippen LogP contribution in [-0.4, -0.2) is 75.8 Å². The van der Waals surface area contributed by atoms with Crippen LogP contribution in [-0.2, 0) is 9.59 Å². The summed E-state index contributed by atoms with van der Waals surface area (Å²) in [7, 11) is 2.04. The summed E-state index contributed by atoms with van der Waals surface area (Å²) >= 11 is 6.29. The molecule has 1 N–H and O–H groups in total. The van der Waals surface area contributed by atoms with Gasteiger partial charge in [0, 0.05) is 56.1 Å². The highest BCUT2D eigenvalue weighted by Gasteiger charge is 2.32. The van der Waals surface area contributed by atoms with E-state index in [1.807, 2.05) is 7.05 Å². The monoisotopic (exact) mass is 436 g/mol. The molecule has 2 aliphatic rings. The van der Waals surface area contributed by atoms with E-state index in [9.17, 15) is 19.7 Å². The number of thiocarbonyl (C=S) groups is 1. The zero-order valence-corrected chi connectivity index (χ0v) is 17.4. The minimum atomic E-state index is -1.01. The fraction of sp³-hybridized carbons (Fsp3) is 0.389. The third kappa shape index (κ3) is 4.92. The Morgan fingerprint density at radius 2 is 2.03 bits per heavy atom. The van der Waals surface area contributed by atoms with Crippen LogP contribution in [0, 0.1) is 10.1 Å². The zero-order chi connectivity index (χ0) is 21.1. The molecular weight excluding hydrogens is 416 g/mol. The first kappa shape index (κ1) is 21.2. The van der Waals surface area contributed by atoms with Crippen molar-refractivity contribution in [1.82, 2.24) is 9.80 Å². The number of carbonyl (C=O) groups is 2. The highest BCUT2D eigenvalue weighted by Crippen LogP contribution is 2.36. The van der Waals surface area contributed by atoms with Crippen LogP contribution in [0.1, 0.15) is 12.0 Å². The number of hydrogen-bond donors (Lipinski definition) is 1. The van der Waals surface area contributed by atoms with E-state index in [0.717, 1.165) is 43.6 Å². The fourth-order valence-electron chi connectivity index (χ4n) is 3.15. The highest BCUT2D eigenvalue weighted by atomic mass is 32.2. The van der Waals surface area contributed by atoms with E-state index in [1.165, 1.54) is 17.0 Å². The van der Waals surface area contributed by atoms with E-state index >= 15 is 0 Å². The Labute approximate surface area is 177 Å². The molecule has 2 aliphatic heterocycles. The Morgan fingerprint density at radius 1 is 1.34 bits per heavy atom. The molecule has 0 aromatic heterocycles. The largest absolute Gasteiger partial charge is 0.481 e. The summed E-state index contributed by atoms with van der Waals surface area (Å²) in [5.74, 6) is -1.39. The van der Waals surface area contributed by atoms with Crippen molar-refractivity contribution in [1.29, 1.82) is 0 Å². The maximum atomic E-state index is 12.7. The first-order valence-electron chi connectivity index (χ1n) is 8.95.